The van der Waals surface area contributed by atoms with Crippen molar-refractivity contribution in [1.29, 1.82) is 0 Å². The van der Waals surface area contributed by atoms with Gasteiger partial charge >= 0.3 is 6.18 Å². The van der Waals surface area contributed by atoms with Crippen LogP contribution in [0.4, 0.5) is 13.2 Å². The average molecular weight is 547 g/mol. The van der Waals surface area contributed by atoms with Gasteiger partial charge in [0.05, 0.1) is 35.4 Å². The summed E-state index contributed by atoms with van der Waals surface area (Å²) in [6.45, 7) is 2.41. The summed E-state index contributed by atoms with van der Waals surface area (Å²) in [6.07, 6.45) is -1.00. The molecule has 1 atom stereocenters. The van der Waals surface area contributed by atoms with Crippen LogP contribution in [0, 0.1) is 0 Å². The molecule has 39 heavy (non-hydrogen) atoms. The first-order valence-corrected chi connectivity index (χ1v) is 13.3. The molecule has 0 saturated carbocycles. The topological polar surface area (TPSA) is 59.8 Å². The first-order valence-electron chi connectivity index (χ1n) is 12.3. The second-order valence-corrected chi connectivity index (χ2v) is 10.1. The molecule has 0 saturated heterocycles. The fraction of sp³-hybridized carbons (Fsp3) is 0.167. The number of amides is 1. The maximum absolute atomic E-state index is 13.1. The van der Waals surface area contributed by atoms with Crippen molar-refractivity contribution < 1.29 is 18.0 Å². The summed E-state index contributed by atoms with van der Waals surface area (Å²) in [5, 5.41) is 3.70. The number of thioether (sulfide) groups is 1. The van der Waals surface area contributed by atoms with Gasteiger partial charge in [0, 0.05) is 17.5 Å². The Morgan fingerprint density at radius 1 is 0.974 bits per heavy atom. The molecule has 0 aliphatic heterocycles. The van der Waals surface area contributed by atoms with Gasteiger partial charge in [-0.1, -0.05) is 72.4 Å². The van der Waals surface area contributed by atoms with Gasteiger partial charge in [0.1, 0.15) is 0 Å². The Balaban J connectivity index is 1.32. The molecule has 0 spiro atoms. The second kappa shape index (κ2) is 11.3. The lowest BCUT2D eigenvalue weighted by Crippen LogP contribution is -2.26. The third kappa shape index (κ3) is 6.31. The lowest BCUT2D eigenvalue weighted by molar-refractivity contribution is -0.137. The highest BCUT2D eigenvalue weighted by Crippen LogP contribution is 2.32. The molecule has 5 aromatic rings. The predicted molar refractivity (Wildman–Crippen MR) is 146 cm³/mol. The molecule has 2 aromatic heterocycles. The van der Waals surface area contributed by atoms with Crippen molar-refractivity contribution >= 4 is 28.7 Å². The molecular weight excluding hydrogens is 521 g/mol. The van der Waals surface area contributed by atoms with Crippen LogP contribution in [-0.2, 0) is 18.5 Å². The van der Waals surface area contributed by atoms with Crippen LogP contribution >= 0.6 is 11.8 Å². The van der Waals surface area contributed by atoms with Crippen LogP contribution in [-0.4, -0.2) is 20.4 Å². The number of pyridine rings is 1. The van der Waals surface area contributed by atoms with Crippen molar-refractivity contribution in [2.24, 2.45) is 0 Å². The summed E-state index contributed by atoms with van der Waals surface area (Å²) >= 11 is 1.37. The number of benzene rings is 3. The van der Waals surface area contributed by atoms with Gasteiger partial charge < -0.3 is 9.88 Å². The van der Waals surface area contributed by atoms with E-state index in [9.17, 15) is 18.0 Å². The average Bonchev–Trinajstić information content (AvgIpc) is 3.29. The number of fused-ring (bicyclic) bond motifs is 1. The van der Waals surface area contributed by atoms with Crippen molar-refractivity contribution in [3.8, 4) is 0 Å². The highest BCUT2D eigenvalue weighted by atomic mass is 32.2. The van der Waals surface area contributed by atoms with E-state index in [2.05, 4.69) is 10.3 Å². The second-order valence-electron chi connectivity index (χ2n) is 9.13. The van der Waals surface area contributed by atoms with Crippen LogP contribution in [0.1, 0.15) is 45.6 Å². The van der Waals surface area contributed by atoms with Gasteiger partial charge in [-0.2, -0.15) is 13.2 Å². The molecule has 3 aromatic carbocycles. The van der Waals surface area contributed by atoms with E-state index >= 15 is 0 Å². The standard InChI is InChI=1S/C30H25F3N4OS/c1-20(23-7-3-2-4-8-23)35-28(38)24-12-10-21(11-13-24)18-37-27-17-34-15-14-26(27)36-29(37)39-19-22-6-5-9-25(16-22)30(31,32)33/h2-17,20H,18-19H2,1H3,(H,35,38). The lowest BCUT2D eigenvalue weighted by Gasteiger charge is -2.15. The maximum Gasteiger partial charge on any atom is 0.416 e. The summed E-state index contributed by atoms with van der Waals surface area (Å²) in [4.78, 5) is 21.7. The van der Waals surface area contributed by atoms with Gasteiger partial charge in [0.15, 0.2) is 5.16 Å². The predicted octanol–water partition coefficient (Wildman–Crippen LogP) is 7.28. The van der Waals surface area contributed by atoms with Gasteiger partial charge in [-0.05, 0) is 47.9 Å². The molecule has 0 radical (unpaired) electrons. The summed E-state index contributed by atoms with van der Waals surface area (Å²) < 4.78 is 41.4. The Labute approximate surface area is 228 Å². The zero-order valence-electron chi connectivity index (χ0n) is 21.0. The third-order valence-electron chi connectivity index (χ3n) is 6.34. The molecule has 0 aliphatic rings. The van der Waals surface area contributed by atoms with Crippen LogP contribution in [0.3, 0.4) is 0 Å². The number of alkyl halides is 3. The van der Waals surface area contributed by atoms with E-state index in [0.717, 1.165) is 28.2 Å². The molecule has 5 nitrogen and oxygen atoms in total. The zero-order chi connectivity index (χ0) is 27.4. The first-order chi connectivity index (χ1) is 18.8. The number of nitrogens with one attached hydrogen (secondary N) is 1. The maximum atomic E-state index is 13.1. The van der Waals surface area contributed by atoms with Crippen LogP contribution in [0.2, 0.25) is 0 Å². The van der Waals surface area contributed by atoms with E-state index in [1.165, 1.54) is 23.9 Å². The van der Waals surface area contributed by atoms with E-state index in [-0.39, 0.29) is 11.9 Å². The number of nitrogens with zero attached hydrogens (tertiary/aromatic N) is 3. The van der Waals surface area contributed by atoms with E-state index in [4.69, 9.17) is 4.98 Å². The molecule has 9 heteroatoms. The molecule has 1 amide bonds. The quantitative estimate of drug-likeness (QED) is 0.208. The van der Waals surface area contributed by atoms with Gasteiger partial charge in [0.25, 0.3) is 5.91 Å². The molecule has 1 unspecified atom stereocenters. The van der Waals surface area contributed by atoms with Crippen LogP contribution in [0.15, 0.2) is 102 Å². The Kier molecular flexibility index (Phi) is 7.70. The molecule has 0 fully saturated rings. The smallest absolute Gasteiger partial charge is 0.346 e. The first kappa shape index (κ1) is 26.5. The van der Waals surface area contributed by atoms with Gasteiger partial charge in [-0.15, -0.1) is 0 Å². The number of halogens is 3. The lowest BCUT2D eigenvalue weighted by atomic mass is 10.1. The molecular formula is C30H25F3N4OS. The van der Waals surface area contributed by atoms with Crippen molar-refractivity contribution in [2.45, 2.75) is 36.6 Å². The minimum absolute atomic E-state index is 0.125. The Morgan fingerprint density at radius 3 is 2.49 bits per heavy atom. The molecule has 1 N–H and O–H groups in total. The molecule has 198 valence electrons. The monoisotopic (exact) mass is 546 g/mol. The van der Waals surface area contributed by atoms with Crippen molar-refractivity contribution in [3.05, 3.63) is 125 Å². The van der Waals surface area contributed by atoms with E-state index in [1.54, 1.807) is 30.6 Å². The Bertz CT molecular complexity index is 1580. The fourth-order valence-electron chi connectivity index (χ4n) is 4.25. The normalized spacial score (nSPS) is 12.4. The largest absolute Gasteiger partial charge is 0.416 e. The summed E-state index contributed by atoms with van der Waals surface area (Å²) in [6, 6.07) is 24.1. The number of imidazole rings is 1. The number of hydrogen-bond donors (Lipinski definition) is 1. The Morgan fingerprint density at radius 2 is 1.74 bits per heavy atom. The van der Waals surface area contributed by atoms with Crippen LogP contribution in [0.25, 0.3) is 11.0 Å². The van der Waals surface area contributed by atoms with E-state index < -0.39 is 11.7 Å². The van der Waals surface area contributed by atoms with Crippen molar-refractivity contribution in [1.82, 2.24) is 19.9 Å². The fourth-order valence-corrected chi connectivity index (χ4v) is 5.20. The minimum atomic E-state index is -4.39. The Hall–Kier alpha value is -4.11. The van der Waals surface area contributed by atoms with Crippen molar-refractivity contribution in [2.75, 3.05) is 0 Å². The molecule has 0 bridgehead atoms. The number of rotatable bonds is 8. The van der Waals surface area contributed by atoms with Crippen molar-refractivity contribution in [3.63, 3.8) is 0 Å². The highest BCUT2D eigenvalue weighted by Gasteiger charge is 2.30. The van der Waals surface area contributed by atoms with E-state index in [1.807, 2.05) is 60.0 Å². The molecule has 2 heterocycles. The third-order valence-corrected chi connectivity index (χ3v) is 7.39. The van der Waals surface area contributed by atoms with Gasteiger partial charge in [0.2, 0.25) is 0 Å². The van der Waals surface area contributed by atoms with E-state index in [0.29, 0.717) is 28.6 Å². The highest BCUT2D eigenvalue weighted by molar-refractivity contribution is 7.98. The van der Waals surface area contributed by atoms with Gasteiger partial charge in [-0.3, -0.25) is 9.78 Å². The summed E-state index contributed by atoms with van der Waals surface area (Å²) in [7, 11) is 0. The van der Waals surface area contributed by atoms with Crippen LogP contribution < -0.4 is 5.32 Å². The SMILES string of the molecule is CC(NC(=O)c1ccc(Cn2c(SCc3cccc(C(F)(F)F)c3)nc3ccncc32)cc1)c1ccccc1. The molecule has 5 rings (SSSR count). The number of hydrogen-bond acceptors (Lipinski definition) is 4. The van der Waals surface area contributed by atoms with Crippen LogP contribution in [0.5, 0.6) is 0 Å². The summed E-state index contributed by atoms with van der Waals surface area (Å²) in [5.74, 6) is 0.173. The summed E-state index contributed by atoms with van der Waals surface area (Å²) in [5.41, 5.74) is 4.00. The molecule has 0 aliphatic carbocycles. The number of carbonyl (C=O) groups excluding carboxylic acids is 1. The minimum Gasteiger partial charge on any atom is -0.346 e. The van der Waals surface area contributed by atoms with Gasteiger partial charge in [-0.25, -0.2) is 4.98 Å². The zero-order valence-corrected chi connectivity index (χ0v) is 21.8. The number of carbonyl (C=O) groups is 1. The number of aromatic nitrogens is 3.